The SMILES string of the molecule is C[C@@]1(c2ccc3c(I)c(O[C@H]4C[C@H](COCc5ccccc5)C4)ccc3c2)COC(=O)N1. The molecule has 32 heavy (non-hydrogen) atoms. The second-order valence-electron chi connectivity index (χ2n) is 8.92. The van der Waals surface area contributed by atoms with Gasteiger partial charge in [0.15, 0.2) is 0 Å². The zero-order valence-corrected chi connectivity index (χ0v) is 20.1. The van der Waals surface area contributed by atoms with Gasteiger partial charge in [-0.25, -0.2) is 4.79 Å². The molecule has 0 bridgehead atoms. The van der Waals surface area contributed by atoms with Crippen molar-refractivity contribution in [2.75, 3.05) is 13.2 Å². The smallest absolute Gasteiger partial charge is 0.408 e. The number of carbonyl (C=O) groups is 1. The number of benzene rings is 3. The summed E-state index contributed by atoms with van der Waals surface area (Å²) in [5.74, 6) is 1.50. The van der Waals surface area contributed by atoms with Gasteiger partial charge in [-0.2, -0.15) is 0 Å². The Balaban J connectivity index is 1.18. The molecule has 1 heterocycles. The molecular formula is C26H26INO4. The van der Waals surface area contributed by atoms with Crippen molar-refractivity contribution >= 4 is 39.5 Å². The molecular weight excluding hydrogens is 517 g/mol. The molecule has 2 fully saturated rings. The Hall–Kier alpha value is -2.32. The van der Waals surface area contributed by atoms with Gasteiger partial charge in [-0.3, -0.25) is 0 Å². The third-order valence-corrected chi connectivity index (χ3v) is 7.49. The standard InChI is InChI=1S/C26H26INO4/c1-26(16-31-25(29)28-26)20-8-9-22-19(13-20)7-10-23(24(22)27)32-21-11-18(12-21)15-30-14-17-5-3-2-4-6-17/h2-10,13,18,21H,11-12,14-16H2,1H3,(H,28,29)/t18-,21-,26-/m0/s1. The largest absolute Gasteiger partial charge is 0.489 e. The zero-order valence-electron chi connectivity index (χ0n) is 18.0. The van der Waals surface area contributed by atoms with Gasteiger partial charge in [-0.15, -0.1) is 0 Å². The Labute approximate surface area is 201 Å². The van der Waals surface area contributed by atoms with Crippen molar-refractivity contribution in [3.8, 4) is 5.75 Å². The van der Waals surface area contributed by atoms with Crippen LogP contribution in [0.2, 0.25) is 0 Å². The molecule has 1 amide bonds. The lowest BCUT2D eigenvalue weighted by Gasteiger charge is -2.35. The van der Waals surface area contributed by atoms with Crippen molar-refractivity contribution in [2.24, 2.45) is 5.92 Å². The number of hydrogen-bond donors (Lipinski definition) is 1. The lowest BCUT2D eigenvalue weighted by Crippen LogP contribution is -2.37. The highest BCUT2D eigenvalue weighted by Crippen LogP contribution is 2.37. The number of nitrogens with one attached hydrogen (secondary N) is 1. The summed E-state index contributed by atoms with van der Waals surface area (Å²) in [6.45, 7) is 3.78. The van der Waals surface area contributed by atoms with Gasteiger partial charge in [-0.05, 0) is 82.3 Å². The van der Waals surface area contributed by atoms with Gasteiger partial charge < -0.3 is 19.5 Å². The summed E-state index contributed by atoms with van der Waals surface area (Å²) < 4.78 is 18.4. The molecule has 1 aliphatic heterocycles. The Bertz CT molecular complexity index is 1130. The quantitative estimate of drug-likeness (QED) is 0.385. The molecule has 5 rings (SSSR count). The van der Waals surface area contributed by atoms with Crippen LogP contribution in [0.25, 0.3) is 10.8 Å². The van der Waals surface area contributed by atoms with Crippen LogP contribution in [0, 0.1) is 9.49 Å². The normalized spacial score (nSPS) is 24.6. The Morgan fingerprint density at radius 2 is 1.94 bits per heavy atom. The van der Waals surface area contributed by atoms with Crippen molar-refractivity contribution in [2.45, 2.75) is 38.0 Å². The van der Waals surface area contributed by atoms with Gasteiger partial charge in [0, 0.05) is 0 Å². The lowest BCUT2D eigenvalue weighted by molar-refractivity contribution is -0.00276. The zero-order chi connectivity index (χ0) is 22.1. The Morgan fingerprint density at radius 3 is 2.69 bits per heavy atom. The average Bonchev–Trinajstić information content (AvgIpc) is 3.13. The third kappa shape index (κ3) is 4.43. The van der Waals surface area contributed by atoms with Crippen LogP contribution < -0.4 is 10.1 Å². The number of amides is 1. The van der Waals surface area contributed by atoms with Crippen molar-refractivity contribution in [3.63, 3.8) is 0 Å². The molecule has 6 heteroatoms. The monoisotopic (exact) mass is 543 g/mol. The van der Waals surface area contributed by atoms with Crippen LogP contribution >= 0.6 is 22.6 Å². The topological polar surface area (TPSA) is 56.8 Å². The van der Waals surface area contributed by atoms with Crippen LogP contribution in [0.4, 0.5) is 4.79 Å². The van der Waals surface area contributed by atoms with Crippen LogP contribution in [-0.4, -0.2) is 25.4 Å². The third-order valence-electron chi connectivity index (χ3n) is 6.38. The van der Waals surface area contributed by atoms with Gasteiger partial charge in [0.2, 0.25) is 0 Å². The van der Waals surface area contributed by atoms with Gasteiger partial charge in [0.05, 0.1) is 28.4 Å². The molecule has 1 N–H and O–H groups in total. The van der Waals surface area contributed by atoms with Crippen LogP contribution in [0.15, 0.2) is 60.7 Å². The minimum Gasteiger partial charge on any atom is -0.489 e. The van der Waals surface area contributed by atoms with Crippen molar-refractivity contribution in [1.82, 2.24) is 5.32 Å². The second-order valence-corrected chi connectivity index (χ2v) is 10.0. The maximum absolute atomic E-state index is 11.5. The van der Waals surface area contributed by atoms with E-state index in [4.69, 9.17) is 14.2 Å². The predicted molar refractivity (Wildman–Crippen MR) is 132 cm³/mol. The highest BCUT2D eigenvalue weighted by molar-refractivity contribution is 14.1. The fourth-order valence-corrected chi connectivity index (χ4v) is 5.17. The van der Waals surface area contributed by atoms with Crippen LogP contribution in [0.3, 0.4) is 0 Å². The maximum atomic E-state index is 11.5. The van der Waals surface area contributed by atoms with Crippen molar-refractivity contribution in [3.05, 3.63) is 75.4 Å². The minimum atomic E-state index is -0.491. The van der Waals surface area contributed by atoms with E-state index in [1.807, 2.05) is 25.1 Å². The molecule has 3 aromatic carbocycles. The van der Waals surface area contributed by atoms with E-state index in [2.05, 4.69) is 70.4 Å². The van der Waals surface area contributed by atoms with Gasteiger partial charge in [0.25, 0.3) is 0 Å². The summed E-state index contributed by atoms with van der Waals surface area (Å²) in [7, 11) is 0. The summed E-state index contributed by atoms with van der Waals surface area (Å²) >= 11 is 2.37. The van der Waals surface area contributed by atoms with Gasteiger partial charge in [0.1, 0.15) is 12.4 Å². The van der Waals surface area contributed by atoms with Crippen LogP contribution in [-0.2, 0) is 21.6 Å². The molecule has 0 spiro atoms. The van der Waals surface area contributed by atoms with Crippen molar-refractivity contribution in [1.29, 1.82) is 0 Å². The predicted octanol–water partition coefficient (Wildman–Crippen LogP) is 5.77. The first-order valence-corrected chi connectivity index (χ1v) is 12.0. The van der Waals surface area contributed by atoms with Crippen molar-refractivity contribution < 1.29 is 19.0 Å². The Kier molecular flexibility index (Phi) is 5.99. The van der Waals surface area contributed by atoms with E-state index in [0.717, 1.165) is 45.1 Å². The molecule has 5 nitrogen and oxygen atoms in total. The average molecular weight is 543 g/mol. The van der Waals surface area contributed by atoms with E-state index in [9.17, 15) is 4.79 Å². The van der Waals surface area contributed by atoms with E-state index in [1.54, 1.807) is 0 Å². The van der Waals surface area contributed by atoms with E-state index in [0.29, 0.717) is 19.1 Å². The van der Waals surface area contributed by atoms with Crippen LogP contribution in [0.1, 0.15) is 30.9 Å². The molecule has 3 aromatic rings. The molecule has 1 aliphatic carbocycles. The number of carbonyl (C=O) groups excluding carboxylic acids is 1. The number of alkyl carbamates (subject to hydrolysis) is 1. The van der Waals surface area contributed by atoms with Gasteiger partial charge in [-0.1, -0.05) is 48.5 Å². The maximum Gasteiger partial charge on any atom is 0.408 e. The highest BCUT2D eigenvalue weighted by atomic mass is 127. The minimum absolute atomic E-state index is 0.246. The molecule has 0 unspecified atom stereocenters. The highest BCUT2D eigenvalue weighted by Gasteiger charge is 2.37. The molecule has 1 saturated carbocycles. The van der Waals surface area contributed by atoms with E-state index in [-0.39, 0.29) is 12.2 Å². The number of ether oxygens (including phenoxy) is 3. The summed E-state index contributed by atoms with van der Waals surface area (Å²) in [4.78, 5) is 11.5. The fourth-order valence-electron chi connectivity index (χ4n) is 4.37. The molecule has 166 valence electrons. The van der Waals surface area contributed by atoms with Crippen LogP contribution in [0.5, 0.6) is 5.75 Å². The molecule has 0 aromatic heterocycles. The number of cyclic esters (lactones) is 1. The summed E-state index contributed by atoms with van der Waals surface area (Å²) in [6.07, 6.45) is 1.94. The molecule has 1 saturated heterocycles. The number of hydrogen-bond acceptors (Lipinski definition) is 4. The van der Waals surface area contributed by atoms with E-state index in [1.165, 1.54) is 5.56 Å². The van der Waals surface area contributed by atoms with E-state index < -0.39 is 5.54 Å². The summed E-state index contributed by atoms with van der Waals surface area (Å²) in [5, 5.41) is 5.19. The van der Waals surface area contributed by atoms with E-state index >= 15 is 0 Å². The number of rotatable bonds is 7. The first-order chi connectivity index (χ1) is 15.5. The van der Waals surface area contributed by atoms with Gasteiger partial charge >= 0.3 is 6.09 Å². The number of fused-ring (bicyclic) bond motifs is 1. The molecule has 0 radical (unpaired) electrons. The lowest BCUT2D eigenvalue weighted by atomic mass is 9.83. The summed E-state index contributed by atoms with van der Waals surface area (Å²) in [6, 6.07) is 20.7. The summed E-state index contributed by atoms with van der Waals surface area (Å²) in [5.41, 5.74) is 1.76. The first kappa shape index (κ1) is 21.5. The fraction of sp³-hybridized carbons (Fsp3) is 0.346. The molecule has 2 aliphatic rings. The number of halogens is 1. The molecule has 1 atom stereocenters. The Morgan fingerprint density at radius 1 is 1.12 bits per heavy atom. The second kappa shape index (κ2) is 8.90. The first-order valence-electron chi connectivity index (χ1n) is 11.0.